The smallest absolute Gasteiger partial charge is 0.101 e. The van der Waals surface area contributed by atoms with E-state index < -0.39 is 11.7 Å². The van der Waals surface area contributed by atoms with Crippen LogP contribution < -0.4 is 0 Å². The van der Waals surface area contributed by atoms with Gasteiger partial charge in [-0.1, -0.05) is 18.2 Å². The van der Waals surface area contributed by atoms with Crippen molar-refractivity contribution in [3.05, 3.63) is 38.0 Å². The second kappa shape index (κ2) is 5.73. The first-order chi connectivity index (χ1) is 6.10. The molecule has 0 aliphatic heterocycles. The lowest BCUT2D eigenvalue weighted by molar-refractivity contribution is -0.0823. The highest BCUT2D eigenvalue weighted by Gasteiger charge is 2.30. The number of aliphatic hydroxyl groups is 1. The minimum atomic E-state index is -0.689. The molecule has 2 heteroatoms. The van der Waals surface area contributed by atoms with Crippen molar-refractivity contribution in [1.29, 1.82) is 0 Å². The summed E-state index contributed by atoms with van der Waals surface area (Å²) >= 11 is 0. The number of aliphatic hydroxyl groups excluding tert-OH is 1. The molecule has 0 aromatic rings. The zero-order chi connectivity index (χ0) is 10.3. The normalized spacial score (nSPS) is 17.1. The van der Waals surface area contributed by atoms with E-state index >= 15 is 0 Å². The van der Waals surface area contributed by atoms with E-state index in [4.69, 9.17) is 4.74 Å². The Bertz CT molecular complexity index is 187. The molecular weight excluding hydrogens is 164 g/mol. The van der Waals surface area contributed by atoms with Crippen LogP contribution in [0.4, 0.5) is 0 Å². The molecule has 0 heterocycles. The Morgan fingerprint density at radius 1 is 1.38 bits per heavy atom. The molecule has 0 saturated carbocycles. The van der Waals surface area contributed by atoms with E-state index in [0.717, 1.165) is 0 Å². The number of hydrogen-bond acceptors (Lipinski definition) is 2. The van der Waals surface area contributed by atoms with Gasteiger partial charge < -0.3 is 9.84 Å². The molecular formula is C11H18O2. The third-order valence-corrected chi connectivity index (χ3v) is 1.93. The van der Waals surface area contributed by atoms with Gasteiger partial charge in [0, 0.05) is 0 Å². The summed E-state index contributed by atoms with van der Waals surface area (Å²) in [4.78, 5) is 0. The van der Waals surface area contributed by atoms with Gasteiger partial charge in [-0.15, -0.1) is 19.7 Å². The highest BCUT2D eigenvalue weighted by molar-refractivity contribution is 4.98. The van der Waals surface area contributed by atoms with E-state index in [0.29, 0.717) is 13.0 Å². The third-order valence-electron chi connectivity index (χ3n) is 1.93. The molecule has 0 unspecified atom stereocenters. The maximum Gasteiger partial charge on any atom is 0.101 e. The van der Waals surface area contributed by atoms with Crippen LogP contribution in [0.1, 0.15) is 13.3 Å². The first kappa shape index (κ1) is 12.1. The van der Waals surface area contributed by atoms with Crippen LogP contribution in [-0.4, -0.2) is 23.4 Å². The van der Waals surface area contributed by atoms with Crippen molar-refractivity contribution in [3.63, 3.8) is 0 Å². The lowest BCUT2D eigenvalue weighted by atomic mass is 9.95. The van der Waals surface area contributed by atoms with Crippen molar-refractivity contribution < 1.29 is 9.84 Å². The van der Waals surface area contributed by atoms with E-state index in [-0.39, 0.29) is 0 Å². The van der Waals surface area contributed by atoms with Crippen molar-refractivity contribution >= 4 is 0 Å². The summed E-state index contributed by atoms with van der Waals surface area (Å²) in [5.74, 6) is 0. The van der Waals surface area contributed by atoms with Crippen LogP contribution in [0, 0.1) is 0 Å². The molecule has 0 aromatic carbocycles. The van der Waals surface area contributed by atoms with Crippen LogP contribution in [-0.2, 0) is 4.74 Å². The zero-order valence-corrected chi connectivity index (χ0v) is 8.20. The Hall–Kier alpha value is -0.860. The van der Waals surface area contributed by atoms with Gasteiger partial charge in [-0.3, -0.25) is 0 Å². The standard InChI is InChI=1S/C11H18O2/c1-5-8-11(4,10(12)7-3)13-9-6-2/h5-7,10,12H,1-3,8-9H2,4H3/t10-,11+/m1/s1. The van der Waals surface area contributed by atoms with Crippen LogP contribution in [0.15, 0.2) is 38.0 Å². The van der Waals surface area contributed by atoms with Gasteiger partial charge in [0.25, 0.3) is 0 Å². The SMILES string of the molecule is C=CCO[C@@](C)(CC=C)[C@H](O)C=C. The van der Waals surface area contributed by atoms with Crippen molar-refractivity contribution in [2.45, 2.75) is 25.0 Å². The van der Waals surface area contributed by atoms with Gasteiger partial charge in [0.05, 0.1) is 12.2 Å². The Kier molecular flexibility index (Phi) is 5.35. The fourth-order valence-corrected chi connectivity index (χ4v) is 1.05. The number of ether oxygens (including phenoxy) is 1. The average Bonchev–Trinajstić information content (AvgIpc) is 2.14. The predicted octanol–water partition coefficient (Wildman–Crippen LogP) is 2.07. The van der Waals surface area contributed by atoms with Gasteiger partial charge in [-0.05, 0) is 13.3 Å². The van der Waals surface area contributed by atoms with Gasteiger partial charge >= 0.3 is 0 Å². The largest absolute Gasteiger partial charge is 0.386 e. The van der Waals surface area contributed by atoms with Crippen LogP contribution in [0.25, 0.3) is 0 Å². The van der Waals surface area contributed by atoms with Crippen LogP contribution >= 0.6 is 0 Å². The van der Waals surface area contributed by atoms with Crippen LogP contribution in [0.5, 0.6) is 0 Å². The maximum absolute atomic E-state index is 9.61. The summed E-state index contributed by atoms with van der Waals surface area (Å²) in [7, 11) is 0. The topological polar surface area (TPSA) is 29.5 Å². The molecule has 0 aromatic heterocycles. The second-order valence-electron chi connectivity index (χ2n) is 3.09. The Labute approximate surface area is 80.2 Å². The summed E-state index contributed by atoms with van der Waals surface area (Å²) in [6, 6.07) is 0. The van der Waals surface area contributed by atoms with Gasteiger partial charge in [-0.2, -0.15) is 0 Å². The number of hydrogen-bond donors (Lipinski definition) is 1. The average molecular weight is 182 g/mol. The van der Waals surface area contributed by atoms with Crippen molar-refractivity contribution in [2.75, 3.05) is 6.61 Å². The molecule has 0 aliphatic carbocycles. The van der Waals surface area contributed by atoms with E-state index in [1.807, 2.05) is 6.92 Å². The molecule has 13 heavy (non-hydrogen) atoms. The van der Waals surface area contributed by atoms with Gasteiger partial charge in [0.1, 0.15) is 6.10 Å². The molecule has 0 rings (SSSR count). The molecule has 0 radical (unpaired) electrons. The summed E-state index contributed by atoms with van der Waals surface area (Å²) < 4.78 is 5.46. The van der Waals surface area contributed by atoms with E-state index in [1.54, 1.807) is 12.2 Å². The Morgan fingerprint density at radius 3 is 2.38 bits per heavy atom. The monoisotopic (exact) mass is 182 g/mol. The van der Waals surface area contributed by atoms with Gasteiger partial charge in [0.2, 0.25) is 0 Å². The van der Waals surface area contributed by atoms with E-state index in [9.17, 15) is 5.11 Å². The van der Waals surface area contributed by atoms with Gasteiger partial charge in [-0.25, -0.2) is 0 Å². The molecule has 0 spiro atoms. The molecule has 0 saturated heterocycles. The number of rotatable bonds is 7. The van der Waals surface area contributed by atoms with Crippen molar-refractivity contribution in [1.82, 2.24) is 0 Å². The molecule has 2 atom stereocenters. The lowest BCUT2D eigenvalue weighted by Crippen LogP contribution is -2.40. The molecule has 1 N–H and O–H groups in total. The Morgan fingerprint density at radius 2 is 2.00 bits per heavy atom. The van der Waals surface area contributed by atoms with Crippen LogP contribution in [0.3, 0.4) is 0 Å². The van der Waals surface area contributed by atoms with Crippen molar-refractivity contribution in [3.8, 4) is 0 Å². The van der Waals surface area contributed by atoms with Crippen molar-refractivity contribution in [2.24, 2.45) is 0 Å². The minimum absolute atomic E-state index is 0.412. The Balaban J connectivity index is 4.38. The fraction of sp³-hybridized carbons (Fsp3) is 0.455. The van der Waals surface area contributed by atoms with E-state index in [2.05, 4.69) is 19.7 Å². The molecule has 74 valence electrons. The first-order valence-corrected chi connectivity index (χ1v) is 4.27. The maximum atomic E-state index is 9.61. The highest BCUT2D eigenvalue weighted by atomic mass is 16.5. The van der Waals surface area contributed by atoms with Gasteiger partial charge in [0.15, 0.2) is 0 Å². The molecule has 0 bridgehead atoms. The van der Waals surface area contributed by atoms with E-state index in [1.165, 1.54) is 6.08 Å². The minimum Gasteiger partial charge on any atom is -0.386 e. The summed E-state index contributed by atoms with van der Waals surface area (Å²) in [5, 5.41) is 9.61. The highest BCUT2D eigenvalue weighted by Crippen LogP contribution is 2.21. The molecule has 2 nitrogen and oxygen atoms in total. The fourth-order valence-electron chi connectivity index (χ4n) is 1.05. The predicted molar refractivity (Wildman–Crippen MR) is 55.6 cm³/mol. The summed E-state index contributed by atoms with van der Waals surface area (Å²) in [6.45, 7) is 12.9. The summed E-state index contributed by atoms with van der Waals surface area (Å²) in [5.41, 5.74) is -0.641. The lowest BCUT2D eigenvalue weighted by Gasteiger charge is -2.31. The zero-order valence-electron chi connectivity index (χ0n) is 8.20. The second-order valence-corrected chi connectivity index (χ2v) is 3.09. The first-order valence-electron chi connectivity index (χ1n) is 4.27. The molecule has 0 fully saturated rings. The summed E-state index contributed by atoms with van der Waals surface area (Å²) in [6.07, 6.45) is 4.72. The third kappa shape index (κ3) is 3.57. The molecule has 0 amide bonds. The molecule has 0 aliphatic rings. The van der Waals surface area contributed by atoms with Crippen LogP contribution in [0.2, 0.25) is 0 Å². The quantitative estimate of drug-likeness (QED) is 0.611.